The maximum absolute atomic E-state index is 12.8. The number of nitrogens with zero attached hydrogens (tertiary/aromatic N) is 5. The van der Waals surface area contributed by atoms with E-state index in [2.05, 4.69) is 25.5 Å². The summed E-state index contributed by atoms with van der Waals surface area (Å²) in [6.45, 7) is 1.60. The van der Waals surface area contributed by atoms with Crippen LogP contribution in [0, 0.1) is 0 Å². The van der Waals surface area contributed by atoms with Gasteiger partial charge in [-0.15, -0.1) is 0 Å². The summed E-state index contributed by atoms with van der Waals surface area (Å²) < 4.78 is 44.4. The van der Waals surface area contributed by atoms with Crippen molar-refractivity contribution in [1.29, 1.82) is 0 Å². The normalized spacial score (nSPS) is 15.3. The highest BCUT2D eigenvalue weighted by Gasteiger charge is 2.35. The molecule has 4 rings (SSSR count). The highest BCUT2D eigenvalue weighted by Crippen LogP contribution is 2.39. The van der Waals surface area contributed by atoms with Gasteiger partial charge in [-0.3, -0.25) is 14.5 Å². The number of halogens is 3. The molecule has 11 heteroatoms. The smallest absolute Gasteiger partial charge is 0.339 e. The van der Waals surface area contributed by atoms with Crippen molar-refractivity contribution in [3.05, 3.63) is 47.4 Å². The van der Waals surface area contributed by atoms with Gasteiger partial charge in [0.15, 0.2) is 5.69 Å². The van der Waals surface area contributed by atoms with Crippen LogP contribution < -0.4 is 5.32 Å². The van der Waals surface area contributed by atoms with Crippen molar-refractivity contribution in [2.45, 2.75) is 37.9 Å². The molecule has 0 saturated heterocycles. The molecular weight excluding hydrogens is 389 g/mol. The Morgan fingerprint density at radius 2 is 2.10 bits per heavy atom. The van der Waals surface area contributed by atoms with Crippen LogP contribution >= 0.6 is 0 Å². The minimum absolute atomic E-state index is 0.136. The minimum atomic E-state index is -4.63. The Morgan fingerprint density at radius 1 is 1.34 bits per heavy atom. The molecule has 3 heterocycles. The van der Waals surface area contributed by atoms with Gasteiger partial charge in [0.25, 0.3) is 5.91 Å². The second kappa shape index (κ2) is 6.98. The van der Waals surface area contributed by atoms with Crippen LogP contribution in [0.4, 0.5) is 13.2 Å². The third-order valence-corrected chi connectivity index (χ3v) is 4.60. The van der Waals surface area contributed by atoms with Gasteiger partial charge in [0, 0.05) is 36.5 Å². The monoisotopic (exact) mass is 406 g/mol. The van der Waals surface area contributed by atoms with Gasteiger partial charge in [-0.1, -0.05) is 5.16 Å². The summed E-state index contributed by atoms with van der Waals surface area (Å²) in [4.78, 5) is 21.0. The highest BCUT2D eigenvalue weighted by molar-refractivity contribution is 5.92. The number of carbonyl (C=O) groups excluding carboxylic acids is 1. The standard InChI is InChI=1S/C18H17F3N6O2/c1-9(23-16(28)13-8-14(18(19,20)21)25-27(13)2)17-24-15(26-29-17)11-5-6-22-12(7-11)10-3-4-10/h5-10H,3-4H2,1-2H3,(H,23,28). The molecule has 0 aliphatic heterocycles. The average molecular weight is 406 g/mol. The quantitative estimate of drug-likeness (QED) is 0.698. The van der Waals surface area contributed by atoms with Gasteiger partial charge in [-0.2, -0.15) is 23.3 Å². The van der Waals surface area contributed by atoms with E-state index in [1.54, 1.807) is 19.2 Å². The molecule has 1 atom stereocenters. The van der Waals surface area contributed by atoms with Gasteiger partial charge in [0.2, 0.25) is 11.7 Å². The Morgan fingerprint density at radius 3 is 2.76 bits per heavy atom. The van der Waals surface area contributed by atoms with E-state index in [4.69, 9.17) is 4.52 Å². The van der Waals surface area contributed by atoms with Crippen LogP contribution in [0.25, 0.3) is 11.4 Å². The number of aromatic nitrogens is 5. The zero-order valence-corrected chi connectivity index (χ0v) is 15.6. The van der Waals surface area contributed by atoms with Gasteiger partial charge in [-0.25, -0.2) is 0 Å². The van der Waals surface area contributed by atoms with Crippen molar-refractivity contribution in [3.63, 3.8) is 0 Å². The maximum Gasteiger partial charge on any atom is 0.435 e. The summed E-state index contributed by atoms with van der Waals surface area (Å²) in [5.74, 6) is 0.226. The number of nitrogens with one attached hydrogen (secondary N) is 1. The largest absolute Gasteiger partial charge is 0.435 e. The van der Waals surface area contributed by atoms with E-state index in [0.717, 1.165) is 28.8 Å². The third-order valence-electron chi connectivity index (χ3n) is 4.60. The van der Waals surface area contributed by atoms with Gasteiger partial charge >= 0.3 is 6.18 Å². The van der Waals surface area contributed by atoms with Crippen LogP contribution in [0.15, 0.2) is 28.9 Å². The average Bonchev–Trinajstić information content (AvgIpc) is 3.25. The molecule has 0 radical (unpaired) electrons. The zero-order valence-electron chi connectivity index (χ0n) is 15.6. The molecule has 1 saturated carbocycles. The minimum Gasteiger partial charge on any atom is -0.339 e. The molecule has 152 valence electrons. The lowest BCUT2D eigenvalue weighted by Gasteiger charge is -2.09. The zero-order chi connectivity index (χ0) is 20.8. The first-order valence-corrected chi connectivity index (χ1v) is 8.94. The molecule has 1 fully saturated rings. The maximum atomic E-state index is 12.8. The molecule has 3 aromatic heterocycles. The van der Waals surface area contributed by atoms with Crippen LogP contribution in [0.5, 0.6) is 0 Å². The molecular formula is C18H17F3N6O2. The Kier molecular flexibility index (Phi) is 4.59. The van der Waals surface area contributed by atoms with E-state index in [-0.39, 0.29) is 11.6 Å². The van der Waals surface area contributed by atoms with Crippen LogP contribution in [-0.4, -0.2) is 30.8 Å². The molecule has 1 aliphatic carbocycles. The van der Waals surface area contributed by atoms with E-state index in [0.29, 0.717) is 17.8 Å². The van der Waals surface area contributed by atoms with Gasteiger partial charge in [0.05, 0.1) is 0 Å². The lowest BCUT2D eigenvalue weighted by Crippen LogP contribution is -2.28. The molecule has 0 bridgehead atoms. The van der Waals surface area contributed by atoms with Crippen molar-refractivity contribution < 1.29 is 22.5 Å². The molecule has 1 amide bonds. The molecule has 1 unspecified atom stereocenters. The number of rotatable bonds is 5. The molecule has 1 aliphatic rings. The van der Waals surface area contributed by atoms with Crippen LogP contribution in [-0.2, 0) is 13.2 Å². The second-order valence-corrected chi connectivity index (χ2v) is 6.93. The SMILES string of the molecule is CC(NC(=O)c1cc(C(F)(F)F)nn1C)c1nc(-c2ccnc(C3CC3)c2)no1. The van der Waals surface area contributed by atoms with Crippen molar-refractivity contribution >= 4 is 5.91 Å². The summed E-state index contributed by atoms with van der Waals surface area (Å²) in [5, 5.41) is 9.81. The molecule has 0 spiro atoms. The fraction of sp³-hybridized carbons (Fsp3) is 0.389. The highest BCUT2D eigenvalue weighted by atomic mass is 19.4. The summed E-state index contributed by atoms with van der Waals surface area (Å²) in [6.07, 6.45) is -0.722. The summed E-state index contributed by atoms with van der Waals surface area (Å²) in [6, 6.07) is 3.65. The van der Waals surface area contributed by atoms with Gasteiger partial charge in [-0.05, 0) is 31.9 Å². The lowest BCUT2D eigenvalue weighted by molar-refractivity contribution is -0.141. The first kappa shape index (κ1) is 19.1. The Labute approximate surface area is 163 Å². The second-order valence-electron chi connectivity index (χ2n) is 6.93. The van der Waals surface area contributed by atoms with Crippen LogP contribution in [0.2, 0.25) is 0 Å². The number of aryl methyl sites for hydroxylation is 1. The van der Waals surface area contributed by atoms with Crippen molar-refractivity contribution in [3.8, 4) is 11.4 Å². The number of pyridine rings is 1. The predicted molar refractivity (Wildman–Crippen MR) is 93.6 cm³/mol. The van der Waals surface area contributed by atoms with Crippen molar-refractivity contribution in [1.82, 2.24) is 30.2 Å². The number of hydrogen-bond donors (Lipinski definition) is 1. The van der Waals surface area contributed by atoms with E-state index in [1.807, 2.05) is 6.07 Å². The van der Waals surface area contributed by atoms with Crippen molar-refractivity contribution in [2.75, 3.05) is 0 Å². The fourth-order valence-electron chi connectivity index (χ4n) is 2.87. The number of alkyl halides is 3. The third kappa shape index (κ3) is 3.98. The van der Waals surface area contributed by atoms with Gasteiger partial charge in [0.1, 0.15) is 11.7 Å². The summed E-state index contributed by atoms with van der Waals surface area (Å²) >= 11 is 0. The predicted octanol–water partition coefficient (Wildman–Crippen LogP) is 3.25. The van der Waals surface area contributed by atoms with E-state index < -0.39 is 23.8 Å². The molecule has 1 N–H and O–H groups in total. The Hall–Kier alpha value is -3.24. The summed E-state index contributed by atoms with van der Waals surface area (Å²) in [5.41, 5.74) is 0.359. The number of amides is 1. The van der Waals surface area contributed by atoms with Gasteiger partial charge < -0.3 is 9.84 Å². The van der Waals surface area contributed by atoms with E-state index >= 15 is 0 Å². The Balaban J connectivity index is 1.48. The number of hydrogen-bond acceptors (Lipinski definition) is 6. The fourth-order valence-corrected chi connectivity index (χ4v) is 2.87. The lowest BCUT2D eigenvalue weighted by atomic mass is 10.2. The van der Waals surface area contributed by atoms with E-state index in [1.165, 1.54) is 7.05 Å². The van der Waals surface area contributed by atoms with Crippen LogP contribution in [0.1, 0.15) is 59.5 Å². The number of carbonyl (C=O) groups is 1. The molecule has 0 aromatic carbocycles. The molecule has 3 aromatic rings. The first-order chi connectivity index (χ1) is 13.7. The molecule has 8 nitrogen and oxygen atoms in total. The first-order valence-electron chi connectivity index (χ1n) is 8.94. The van der Waals surface area contributed by atoms with Crippen molar-refractivity contribution in [2.24, 2.45) is 7.05 Å². The van der Waals surface area contributed by atoms with E-state index in [9.17, 15) is 18.0 Å². The Bertz CT molecular complexity index is 1050. The topological polar surface area (TPSA) is 98.7 Å². The van der Waals surface area contributed by atoms with Crippen LogP contribution in [0.3, 0.4) is 0 Å². The molecule has 29 heavy (non-hydrogen) atoms. The summed E-state index contributed by atoms with van der Waals surface area (Å²) in [7, 11) is 1.26.